The third-order valence-corrected chi connectivity index (χ3v) is 5.92. The Labute approximate surface area is 179 Å². The number of carbonyl (C=O) groups excluding carboxylic acids is 2. The van der Waals surface area contributed by atoms with Gasteiger partial charge in [-0.15, -0.1) is 24.8 Å². The van der Waals surface area contributed by atoms with E-state index in [0.29, 0.717) is 30.1 Å². The van der Waals surface area contributed by atoms with E-state index in [1.165, 1.54) is 7.11 Å². The van der Waals surface area contributed by atoms with E-state index in [1.807, 2.05) is 4.57 Å². The van der Waals surface area contributed by atoms with Crippen LogP contribution in [0.3, 0.4) is 0 Å². The maximum atomic E-state index is 11.9. The van der Waals surface area contributed by atoms with Gasteiger partial charge in [-0.05, 0) is 64.0 Å². The Morgan fingerprint density at radius 3 is 2.39 bits per heavy atom. The SMILES string of the molecule is COC(=O)CCC1CCC(c2cn(C3CCNCC3)c(C(N)=O)n2)CC1.Cl.Cl. The lowest BCUT2D eigenvalue weighted by molar-refractivity contribution is -0.141. The molecule has 3 rings (SSSR count). The summed E-state index contributed by atoms with van der Waals surface area (Å²) < 4.78 is 6.74. The van der Waals surface area contributed by atoms with Crippen molar-refractivity contribution in [1.82, 2.24) is 14.9 Å². The zero-order valence-corrected chi connectivity index (χ0v) is 18.0. The number of hydrogen-bond acceptors (Lipinski definition) is 5. The van der Waals surface area contributed by atoms with Crippen LogP contribution in [0.25, 0.3) is 0 Å². The molecule has 0 radical (unpaired) electrons. The summed E-state index contributed by atoms with van der Waals surface area (Å²) >= 11 is 0. The molecule has 1 aliphatic carbocycles. The van der Waals surface area contributed by atoms with Gasteiger partial charge in [0.25, 0.3) is 5.91 Å². The van der Waals surface area contributed by atoms with Gasteiger partial charge in [0.15, 0.2) is 5.82 Å². The zero-order valence-electron chi connectivity index (χ0n) is 16.4. The normalized spacial score (nSPS) is 22.6. The highest BCUT2D eigenvalue weighted by Crippen LogP contribution is 2.37. The van der Waals surface area contributed by atoms with Crippen molar-refractivity contribution in [1.29, 1.82) is 0 Å². The van der Waals surface area contributed by atoms with Crippen LogP contribution >= 0.6 is 24.8 Å². The Bertz CT molecular complexity index is 639. The number of nitrogens with one attached hydrogen (secondary N) is 1. The topological polar surface area (TPSA) is 99.2 Å². The van der Waals surface area contributed by atoms with Crippen LogP contribution in [0.4, 0.5) is 0 Å². The number of imidazole rings is 1. The van der Waals surface area contributed by atoms with Gasteiger partial charge in [-0.2, -0.15) is 0 Å². The van der Waals surface area contributed by atoms with Crippen molar-refractivity contribution in [2.75, 3.05) is 20.2 Å². The van der Waals surface area contributed by atoms with Crippen molar-refractivity contribution in [2.24, 2.45) is 11.7 Å². The minimum Gasteiger partial charge on any atom is -0.469 e. The number of hydrogen-bond donors (Lipinski definition) is 2. The van der Waals surface area contributed by atoms with E-state index in [9.17, 15) is 9.59 Å². The monoisotopic (exact) mass is 434 g/mol. The van der Waals surface area contributed by atoms with E-state index in [2.05, 4.69) is 16.5 Å². The van der Waals surface area contributed by atoms with Crippen molar-refractivity contribution >= 4 is 36.7 Å². The van der Waals surface area contributed by atoms with Crippen molar-refractivity contribution < 1.29 is 14.3 Å². The molecular weight excluding hydrogens is 403 g/mol. The smallest absolute Gasteiger partial charge is 0.305 e. The summed E-state index contributed by atoms with van der Waals surface area (Å²) in [6.07, 6.45) is 9.74. The second-order valence-corrected chi connectivity index (χ2v) is 7.57. The summed E-state index contributed by atoms with van der Waals surface area (Å²) in [7, 11) is 1.44. The van der Waals surface area contributed by atoms with E-state index < -0.39 is 5.91 Å². The maximum Gasteiger partial charge on any atom is 0.305 e. The van der Waals surface area contributed by atoms with Crippen LogP contribution in [-0.2, 0) is 9.53 Å². The fourth-order valence-electron chi connectivity index (χ4n) is 4.33. The Balaban J connectivity index is 0.00000196. The van der Waals surface area contributed by atoms with E-state index in [-0.39, 0.29) is 30.8 Å². The molecule has 2 heterocycles. The molecule has 160 valence electrons. The molecule has 1 saturated heterocycles. The van der Waals surface area contributed by atoms with Crippen LogP contribution in [-0.4, -0.2) is 41.6 Å². The third kappa shape index (κ3) is 6.09. The first-order valence-electron chi connectivity index (χ1n) is 9.74. The average molecular weight is 435 g/mol. The van der Waals surface area contributed by atoms with Gasteiger partial charge in [-0.3, -0.25) is 9.59 Å². The minimum atomic E-state index is -0.443. The largest absolute Gasteiger partial charge is 0.469 e. The third-order valence-electron chi connectivity index (χ3n) is 5.92. The van der Waals surface area contributed by atoms with Crippen molar-refractivity contribution in [3.05, 3.63) is 17.7 Å². The molecule has 2 aliphatic rings. The lowest BCUT2D eigenvalue weighted by Gasteiger charge is -2.27. The molecule has 28 heavy (non-hydrogen) atoms. The number of nitrogens with two attached hydrogens (primary N) is 1. The molecule has 1 amide bonds. The predicted molar refractivity (Wildman–Crippen MR) is 112 cm³/mol. The van der Waals surface area contributed by atoms with Gasteiger partial charge in [0.1, 0.15) is 0 Å². The molecule has 0 bridgehead atoms. The van der Waals surface area contributed by atoms with Crippen LogP contribution in [0.2, 0.25) is 0 Å². The number of piperidine rings is 1. The van der Waals surface area contributed by atoms with E-state index >= 15 is 0 Å². The van der Waals surface area contributed by atoms with Crippen LogP contribution in [0.1, 0.15) is 79.6 Å². The molecule has 0 atom stereocenters. The molecule has 1 aromatic rings. The van der Waals surface area contributed by atoms with Crippen LogP contribution in [0, 0.1) is 5.92 Å². The number of methoxy groups -OCH3 is 1. The van der Waals surface area contributed by atoms with E-state index in [0.717, 1.165) is 63.7 Å². The number of nitrogens with zero attached hydrogens (tertiary/aromatic N) is 2. The van der Waals surface area contributed by atoms with Gasteiger partial charge in [0.2, 0.25) is 0 Å². The second kappa shape index (κ2) is 11.6. The van der Waals surface area contributed by atoms with Gasteiger partial charge >= 0.3 is 5.97 Å². The Hall–Kier alpha value is -1.31. The van der Waals surface area contributed by atoms with Crippen LogP contribution < -0.4 is 11.1 Å². The molecule has 0 unspecified atom stereocenters. The molecule has 0 spiro atoms. The summed E-state index contributed by atoms with van der Waals surface area (Å²) in [5.74, 6) is 0.790. The number of halogens is 2. The molecule has 1 aromatic heterocycles. The molecule has 0 aromatic carbocycles. The van der Waals surface area contributed by atoms with Crippen molar-refractivity contribution in [3.63, 3.8) is 0 Å². The minimum absolute atomic E-state index is 0. The molecule has 1 aliphatic heterocycles. The molecular formula is C19H32Cl2N4O3. The molecule has 2 fully saturated rings. The molecule has 1 saturated carbocycles. The predicted octanol–water partition coefficient (Wildman–Crippen LogP) is 2.98. The van der Waals surface area contributed by atoms with Gasteiger partial charge in [-0.1, -0.05) is 0 Å². The first-order valence-corrected chi connectivity index (χ1v) is 9.74. The lowest BCUT2D eigenvalue weighted by Crippen LogP contribution is -2.31. The number of rotatable bonds is 6. The first-order chi connectivity index (χ1) is 12.6. The number of esters is 1. The highest BCUT2D eigenvalue weighted by Gasteiger charge is 2.28. The highest BCUT2D eigenvalue weighted by atomic mass is 35.5. The summed E-state index contributed by atoms with van der Waals surface area (Å²) in [6.45, 7) is 1.92. The van der Waals surface area contributed by atoms with E-state index in [4.69, 9.17) is 10.5 Å². The van der Waals surface area contributed by atoms with Gasteiger partial charge in [0.05, 0.1) is 12.8 Å². The molecule has 9 heteroatoms. The standard InChI is InChI=1S/C19H30N4O3.2ClH/c1-26-17(24)7-4-13-2-5-14(6-3-13)16-12-23(19(22-16)18(20)25)15-8-10-21-11-9-15;;/h12-15,21H,2-11H2,1H3,(H2,20,25);2*1H. The van der Waals surface area contributed by atoms with Crippen LogP contribution in [0.15, 0.2) is 6.20 Å². The van der Waals surface area contributed by atoms with Crippen LogP contribution in [0.5, 0.6) is 0 Å². The lowest BCUT2D eigenvalue weighted by atomic mass is 9.79. The van der Waals surface area contributed by atoms with Gasteiger partial charge in [-0.25, -0.2) is 4.98 Å². The molecule has 7 nitrogen and oxygen atoms in total. The Morgan fingerprint density at radius 1 is 1.18 bits per heavy atom. The first kappa shape index (κ1) is 24.7. The van der Waals surface area contributed by atoms with E-state index in [1.54, 1.807) is 0 Å². The zero-order chi connectivity index (χ0) is 18.5. The summed E-state index contributed by atoms with van der Waals surface area (Å²) in [5, 5.41) is 3.35. The second-order valence-electron chi connectivity index (χ2n) is 7.57. The summed E-state index contributed by atoms with van der Waals surface area (Å²) in [4.78, 5) is 27.8. The van der Waals surface area contributed by atoms with Crippen molar-refractivity contribution in [3.8, 4) is 0 Å². The van der Waals surface area contributed by atoms with Gasteiger partial charge < -0.3 is 20.4 Å². The summed E-state index contributed by atoms with van der Waals surface area (Å²) in [6, 6.07) is 0.302. The average Bonchev–Trinajstić information content (AvgIpc) is 3.13. The fraction of sp³-hybridized carbons (Fsp3) is 0.737. The molecule has 3 N–H and O–H groups in total. The summed E-state index contributed by atoms with van der Waals surface area (Å²) in [5.41, 5.74) is 6.59. The van der Waals surface area contributed by atoms with Gasteiger partial charge in [0, 0.05) is 24.6 Å². The number of amides is 1. The Kier molecular flexibility index (Phi) is 10.3. The Morgan fingerprint density at radius 2 is 1.82 bits per heavy atom. The quantitative estimate of drug-likeness (QED) is 0.670. The number of ether oxygens (including phenoxy) is 1. The maximum absolute atomic E-state index is 11.9. The van der Waals surface area contributed by atoms with Crippen molar-refractivity contribution in [2.45, 2.75) is 63.3 Å². The number of primary amides is 1. The number of carbonyl (C=O) groups is 2. The highest BCUT2D eigenvalue weighted by molar-refractivity contribution is 5.89. The fourth-order valence-corrected chi connectivity index (χ4v) is 4.33. The number of aromatic nitrogens is 2.